The fourth-order valence-corrected chi connectivity index (χ4v) is 2.03. The van der Waals surface area contributed by atoms with E-state index in [1.165, 1.54) is 5.56 Å². The lowest BCUT2D eigenvalue weighted by Gasteiger charge is -2.09. The lowest BCUT2D eigenvalue weighted by atomic mass is 10.1. The van der Waals surface area contributed by atoms with E-state index in [1.54, 1.807) is 0 Å². The summed E-state index contributed by atoms with van der Waals surface area (Å²) in [6.07, 6.45) is 2.00. The van der Waals surface area contributed by atoms with Crippen molar-refractivity contribution in [3.05, 3.63) is 60.2 Å². The van der Waals surface area contributed by atoms with Gasteiger partial charge in [0.25, 0.3) is 0 Å². The van der Waals surface area contributed by atoms with E-state index in [9.17, 15) is 0 Å². The van der Waals surface area contributed by atoms with Gasteiger partial charge in [0.15, 0.2) is 5.11 Å². The molecule has 2 aromatic rings. The van der Waals surface area contributed by atoms with Gasteiger partial charge in [-0.05, 0) is 42.8 Å². The van der Waals surface area contributed by atoms with Crippen LogP contribution in [-0.2, 0) is 6.42 Å². The van der Waals surface area contributed by atoms with Gasteiger partial charge in [-0.15, -0.1) is 0 Å². The fraction of sp³-hybridized carbons (Fsp3) is 0.188. The number of nitrogens with two attached hydrogens (primary N) is 1. The molecule has 3 nitrogen and oxygen atoms in total. The van der Waals surface area contributed by atoms with Gasteiger partial charge in [-0.1, -0.05) is 36.4 Å². The predicted octanol–water partition coefficient (Wildman–Crippen LogP) is 3.35. The van der Waals surface area contributed by atoms with Crippen molar-refractivity contribution >= 4 is 23.0 Å². The van der Waals surface area contributed by atoms with Crippen molar-refractivity contribution in [1.29, 1.82) is 0 Å². The molecule has 0 heterocycles. The summed E-state index contributed by atoms with van der Waals surface area (Å²) >= 11 is 4.81. The molecule has 3 N–H and O–H groups in total. The summed E-state index contributed by atoms with van der Waals surface area (Å²) in [5.41, 5.74) is 7.62. The molecule has 0 spiro atoms. The Hall–Kier alpha value is -2.07. The number of nitrogens with one attached hydrogen (secondary N) is 1. The summed E-state index contributed by atoms with van der Waals surface area (Å²) in [4.78, 5) is 0. The SMILES string of the molecule is NC(=S)Nc1cccc(OCCCc2ccccc2)c1. The molecular formula is C16H18N2OS. The zero-order chi connectivity index (χ0) is 14.2. The Kier molecular flexibility index (Phi) is 5.38. The summed E-state index contributed by atoms with van der Waals surface area (Å²) in [5, 5.41) is 3.15. The van der Waals surface area contributed by atoms with Gasteiger partial charge in [0.1, 0.15) is 5.75 Å². The van der Waals surface area contributed by atoms with E-state index in [1.807, 2.05) is 30.3 Å². The molecular weight excluding hydrogens is 268 g/mol. The summed E-state index contributed by atoms with van der Waals surface area (Å²) < 4.78 is 5.73. The van der Waals surface area contributed by atoms with E-state index in [0.717, 1.165) is 24.3 Å². The van der Waals surface area contributed by atoms with Crippen molar-refractivity contribution in [3.63, 3.8) is 0 Å². The van der Waals surface area contributed by atoms with E-state index in [4.69, 9.17) is 22.7 Å². The van der Waals surface area contributed by atoms with Crippen LogP contribution >= 0.6 is 12.2 Å². The van der Waals surface area contributed by atoms with Crippen LogP contribution in [0.5, 0.6) is 5.75 Å². The third-order valence-corrected chi connectivity index (χ3v) is 2.92. The maximum absolute atomic E-state index is 5.73. The minimum absolute atomic E-state index is 0.256. The van der Waals surface area contributed by atoms with Gasteiger partial charge >= 0.3 is 0 Å². The zero-order valence-corrected chi connectivity index (χ0v) is 12.0. The smallest absolute Gasteiger partial charge is 0.168 e. The molecule has 0 aliphatic rings. The highest BCUT2D eigenvalue weighted by Gasteiger charge is 1.98. The molecule has 0 bridgehead atoms. The molecule has 0 radical (unpaired) electrons. The standard InChI is InChI=1S/C16H18N2OS/c17-16(20)18-14-9-4-10-15(12-14)19-11-5-8-13-6-2-1-3-7-13/h1-4,6-7,9-10,12H,5,8,11H2,(H3,17,18,20). The molecule has 2 aromatic carbocycles. The number of hydrogen-bond acceptors (Lipinski definition) is 2. The topological polar surface area (TPSA) is 47.3 Å². The Bertz CT molecular complexity index is 557. The molecule has 0 saturated carbocycles. The van der Waals surface area contributed by atoms with Crippen LogP contribution in [0.15, 0.2) is 54.6 Å². The Morgan fingerprint density at radius 3 is 2.65 bits per heavy atom. The van der Waals surface area contributed by atoms with Crippen LogP contribution in [0, 0.1) is 0 Å². The lowest BCUT2D eigenvalue weighted by Crippen LogP contribution is -2.18. The summed E-state index contributed by atoms with van der Waals surface area (Å²) in [6, 6.07) is 18.0. The zero-order valence-electron chi connectivity index (χ0n) is 11.2. The van der Waals surface area contributed by atoms with Crippen molar-refractivity contribution in [2.45, 2.75) is 12.8 Å². The van der Waals surface area contributed by atoms with Crippen molar-refractivity contribution in [2.75, 3.05) is 11.9 Å². The highest BCUT2D eigenvalue weighted by atomic mass is 32.1. The average molecular weight is 286 g/mol. The Morgan fingerprint density at radius 2 is 1.90 bits per heavy atom. The van der Waals surface area contributed by atoms with Crippen molar-refractivity contribution in [2.24, 2.45) is 5.73 Å². The summed E-state index contributed by atoms with van der Waals surface area (Å²) in [6.45, 7) is 0.686. The molecule has 4 heteroatoms. The first-order chi connectivity index (χ1) is 9.74. The minimum atomic E-state index is 0.256. The van der Waals surface area contributed by atoms with Crippen LogP contribution in [-0.4, -0.2) is 11.7 Å². The molecule has 0 saturated heterocycles. The van der Waals surface area contributed by atoms with E-state index in [2.05, 4.69) is 29.6 Å². The first-order valence-electron chi connectivity index (χ1n) is 6.57. The van der Waals surface area contributed by atoms with E-state index in [0.29, 0.717) is 6.61 Å². The molecule has 104 valence electrons. The summed E-state index contributed by atoms with van der Waals surface area (Å²) in [5.74, 6) is 0.819. The third-order valence-electron chi connectivity index (χ3n) is 2.82. The van der Waals surface area contributed by atoms with Crippen LogP contribution in [0.1, 0.15) is 12.0 Å². The fourth-order valence-electron chi connectivity index (χ4n) is 1.92. The highest BCUT2D eigenvalue weighted by Crippen LogP contribution is 2.17. The lowest BCUT2D eigenvalue weighted by molar-refractivity contribution is 0.311. The average Bonchev–Trinajstić information content (AvgIpc) is 2.44. The predicted molar refractivity (Wildman–Crippen MR) is 87.1 cm³/mol. The second-order valence-corrected chi connectivity index (χ2v) is 4.89. The Morgan fingerprint density at radius 1 is 1.10 bits per heavy atom. The molecule has 20 heavy (non-hydrogen) atoms. The van der Waals surface area contributed by atoms with Crippen molar-refractivity contribution < 1.29 is 4.74 Å². The van der Waals surface area contributed by atoms with Crippen LogP contribution in [0.3, 0.4) is 0 Å². The molecule has 2 rings (SSSR count). The van der Waals surface area contributed by atoms with Gasteiger partial charge in [0.05, 0.1) is 6.61 Å². The number of aryl methyl sites for hydroxylation is 1. The first kappa shape index (κ1) is 14.3. The number of rotatable bonds is 6. The summed E-state index contributed by atoms with van der Waals surface area (Å²) in [7, 11) is 0. The molecule has 0 atom stereocenters. The number of thiocarbonyl (C=S) groups is 1. The Labute approximate surface area is 124 Å². The molecule has 0 amide bonds. The second kappa shape index (κ2) is 7.50. The maximum Gasteiger partial charge on any atom is 0.168 e. The minimum Gasteiger partial charge on any atom is -0.494 e. The highest BCUT2D eigenvalue weighted by molar-refractivity contribution is 7.80. The van der Waals surface area contributed by atoms with Gasteiger partial charge in [-0.3, -0.25) is 0 Å². The maximum atomic E-state index is 5.73. The van der Waals surface area contributed by atoms with Gasteiger partial charge in [0, 0.05) is 11.8 Å². The number of hydrogen-bond donors (Lipinski definition) is 2. The van der Waals surface area contributed by atoms with Gasteiger partial charge < -0.3 is 15.8 Å². The van der Waals surface area contributed by atoms with Crippen molar-refractivity contribution in [1.82, 2.24) is 0 Å². The molecule has 0 aliphatic carbocycles. The van der Waals surface area contributed by atoms with E-state index < -0.39 is 0 Å². The normalized spacial score (nSPS) is 10.0. The largest absolute Gasteiger partial charge is 0.494 e. The quantitative estimate of drug-likeness (QED) is 0.631. The number of ether oxygens (including phenoxy) is 1. The Balaban J connectivity index is 1.78. The van der Waals surface area contributed by atoms with Crippen LogP contribution in [0.25, 0.3) is 0 Å². The van der Waals surface area contributed by atoms with E-state index >= 15 is 0 Å². The van der Waals surface area contributed by atoms with Crippen LogP contribution < -0.4 is 15.8 Å². The van der Waals surface area contributed by atoms with E-state index in [-0.39, 0.29) is 5.11 Å². The monoisotopic (exact) mass is 286 g/mol. The molecule has 0 unspecified atom stereocenters. The number of benzene rings is 2. The second-order valence-electron chi connectivity index (χ2n) is 4.45. The van der Waals surface area contributed by atoms with Gasteiger partial charge in [0.2, 0.25) is 0 Å². The molecule has 0 fully saturated rings. The number of anilines is 1. The molecule has 0 aliphatic heterocycles. The first-order valence-corrected chi connectivity index (χ1v) is 6.98. The van der Waals surface area contributed by atoms with Crippen molar-refractivity contribution in [3.8, 4) is 5.75 Å². The van der Waals surface area contributed by atoms with Gasteiger partial charge in [-0.25, -0.2) is 0 Å². The van der Waals surface area contributed by atoms with Crippen LogP contribution in [0.4, 0.5) is 5.69 Å². The molecule has 0 aromatic heterocycles. The third kappa shape index (κ3) is 4.90. The van der Waals surface area contributed by atoms with Crippen LogP contribution in [0.2, 0.25) is 0 Å². The van der Waals surface area contributed by atoms with Gasteiger partial charge in [-0.2, -0.15) is 0 Å².